The highest BCUT2D eigenvalue weighted by atomic mass is 16.3. The molecule has 2 rings (SSSR count). The molecule has 0 spiro atoms. The molecule has 0 aliphatic carbocycles. The van der Waals surface area contributed by atoms with Crippen molar-refractivity contribution in [3.8, 4) is 11.5 Å². The Bertz CT molecular complexity index is 966. The first kappa shape index (κ1) is 23.2. The molecule has 0 unspecified atom stereocenters. The summed E-state index contributed by atoms with van der Waals surface area (Å²) in [5, 5.41) is 25.7. The molecule has 0 aliphatic rings. The predicted octanol–water partition coefficient (Wildman–Crippen LogP) is 4.83. The normalized spacial score (nSPS) is 11.7. The lowest BCUT2D eigenvalue weighted by atomic mass is 10.0. The highest BCUT2D eigenvalue weighted by Gasteiger charge is 2.08. The van der Waals surface area contributed by atoms with Gasteiger partial charge in [0.25, 0.3) is 0 Å². The Hall–Kier alpha value is -4.06. The van der Waals surface area contributed by atoms with Crippen LogP contribution in [0.2, 0.25) is 0 Å². The van der Waals surface area contributed by atoms with Crippen molar-refractivity contribution >= 4 is 23.2 Å². The van der Waals surface area contributed by atoms with E-state index in [1.165, 1.54) is 12.2 Å². The molecule has 4 N–H and O–H groups in total. The molecule has 0 aliphatic heterocycles. The van der Waals surface area contributed by atoms with Crippen LogP contribution in [0.3, 0.4) is 0 Å². The molecule has 0 fully saturated rings. The van der Waals surface area contributed by atoms with E-state index in [1.54, 1.807) is 72.9 Å². The number of phenolic OH excluding ortho intramolecular Hbond substituents is 2. The van der Waals surface area contributed by atoms with Gasteiger partial charge >= 0.3 is 0 Å². The van der Waals surface area contributed by atoms with E-state index in [4.69, 9.17) is 0 Å². The Morgan fingerprint density at radius 2 is 1.16 bits per heavy atom. The van der Waals surface area contributed by atoms with E-state index in [-0.39, 0.29) is 23.3 Å². The third-order valence-corrected chi connectivity index (χ3v) is 4.15. The summed E-state index contributed by atoms with van der Waals surface area (Å²) in [5.74, 6) is -0.786. The molecular formula is C25H26N2O4. The zero-order valence-electron chi connectivity index (χ0n) is 17.5. The van der Waals surface area contributed by atoms with E-state index < -0.39 is 0 Å². The molecule has 6 nitrogen and oxygen atoms in total. The number of hydrogen-bond donors (Lipinski definition) is 4. The molecule has 31 heavy (non-hydrogen) atoms. The van der Waals surface area contributed by atoms with Crippen LogP contribution < -0.4 is 10.6 Å². The van der Waals surface area contributed by atoms with Crippen LogP contribution in [0.15, 0.2) is 85.0 Å². The Balaban J connectivity index is 2.04. The van der Waals surface area contributed by atoms with Crippen molar-refractivity contribution < 1.29 is 19.8 Å². The van der Waals surface area contributed by atoms with Crippen molar-refractivity contribution in [2.45, 2.75) is 20.3 Å². The molecule has 0 aromatic heterocycles. The van der Waals surface area contributed by atoms with Crippen LogP contribution >= 0.6 is 0 Å². The van der Waals surface area contributed by atoms with E-state index in [0.717, 1.165) is 11.1 Å². The second-order valence-electron chi connectivity index (χ2n) is 6.63. The molecule has 0 saturated heterocycles. The summed E-state index contributed by atoms with van der Waals surface area (Å²) in [5.41, 5.74) is 2.22. The second-order valence-corrected chi connectivity index (χ2v) is 6.63. The monoisotopic (exact) mass is 418 g/mol. The van der Waals surface area contributed by atoms with Crippen LogP contribution in [0.25, 0.3) is 0 Å². The number of aromatic hydroxyl groups is 2. The third kappa shape index (κ3) is 7.70. The van der Waals surface area contributed by atoms with Gasteiger partial charge in [-0.25, -0.2) is 0 Å². The van der Waals surface area contributed by atoms with Gasteiger partial charge in [-0.05, 0) is 55.7 Å². The Kier molecular flexibility index (Phi) is 8.86. The fourth-order valence-corrected chi connectivity index (χ4v) is 2.68. The second kappa shape index (κ2) is 11.8. The van der Waals surface area contributed by atoms with Gasteiger partial charge in [0.15, 0.2) is 0 Å². The van der Waals surface area contributed by atoms with Gasteiger partial charge in [-0.2, -0.15) is 0 Å². The molecule has 0 heterocycles. The predicted molar refractivity (Wildman–Crippen MR) is 124 cm³/mol. The molecule has 2 amide bonds. The zero-order valence-corrected chi connectivity index (χ0v) is 17.5. The molecule has 6 heteroatoms. The van der Waals surface area contributed by atoms with Gasteiger partial charge in [-0.1, -0.05) is 48.6 Å². The lowest BCUT2D eigenvalue weighted by Gasteiger charge is -2.10. The van der Waals surface area contributed by atoms with Crippen LogP contribution in [0, 0.1) is 0 Å². The van der Waals surface area contributed by atoms with Crippen LogP contribution in [0.4, 0.5) is 11.4 Å². The minimum absolute atomic E-state index is 0.0497. The first-order valence-electron chi connectivity index (χ1n) is 9.77. The number of carbonyl (C=O) groups is 2. The zero-order chi connectivity index (χ0) is 22.6. The summed E-state index contributed by atoms with van der Waals surface area (Å²) in [6.07, 6.45) is 13.5. The van der Waals surface area contributed by atoms with Gasteiger partial charge < -0.3 is 20.8 Å². The maximum Gasteiger partial charge on any atom is 0.248 e. The fraction of sp³-hybridized carbons (Fsp3) is 0.120. The molecule has 2 aromatic carbocycles. The van der Waals surface area contributed by atoms with Gasteiger partial charge in [0.2, 0.25) is 11.8 Å². The standard InChI is InChI=1S/C25H26N2O4/c1-3-5-7-9-24(30)26-20-13-11-18(16-22(20)28)15-19-12-14-21(23(29)17-19)27-25(31)10-8-6-4-2/h3-14,16-17,28-29H,15H2,1-2H3,(H,26,30)(H,27,31)/b5-3+,6-4+,9-7+,10-8+. The first-order valence-corrected chi connectivity index (χ1v) is 9.77. The maximum atomic E-state index is 11.8. The third-order valence-electron chi connectivity index (χ3n) is 4.15. The Morgan fingerprint density at radius 3 is 1.52 bits per heavy atom. The first-order chi connectivity index (χ1) is 14.9. The van der Waals surface area contributed by atoms with E-state index >= 15 is 0 Å². The Labute approximate surface area is 181 Å². The van der Waals surface area contributed by atoms with Crippen molar-refractivity contribution in [2.24, 2.45) is 0 Å². The van der Waals surface area contributed by atoms with E-state index in [2.05, 4.69) is 10.6 Å². The van der Waals surface area contributed by atoms with Gasteiger partial charge in [0.05, 0.1) is 11.4 Å². The Morgan fingerprint density at radius 1 is 0.742 bits per heavy atom. The average Bonchev–Trinajstić information content (AvgIpc) is 2.72. The quantitative estimate of drug-likeness (QED) is 0.280. The molecule has 0 bridgehead atoms. The van der Waals surface area contributed by atoms with Crippen LogP contribution in [0.5, 0.6) is 11.5 Å². The number of nitrogens with one attached hydrogen (secondary N) is 2. The minimum atomic E-state index is -0.343. The molecule has 160 valence electrons. The fourth-order valence-electron chi connectivity index (χ4n) is 2.68. The highest BCUT2D eigenvalue weighted by molar-refractivity contribution is 6.01. The summed E-state index contributed by atoms with van der Waals surface area (Å²) >= 11 is 0. The van der Waals surface area contributed by atoms with Crippen molar-refractivity contribution in [1.82, 2.24) is 0 Å². The topological polar surface area (TPSA) is 98.7 Å². The number of allylic oxidation sites excluding steroid dienone is 6. The largest absolute Gasteiger partial charge is 0.506 e. The van der Waals surface area contributed by atoms with E-state index in [0.29, 0.717) is 17.8 Å². The van der Waals surface area contributed by atoms with Crippen molar-refractivity contribution in [1.29, 1.82) is 0 Å². The average molecular weight is 418 g/mol. The number of carbonyl (C=O) groups excluding carboxylic acids is 2. The van der Waals surface area contributed by atoms with Gasteiger partial charge in [-0.15, -0.1) is 0 Å². The molecule has 2 aromatic rings. The SMILES string of the molecule is C/C=C/C=C/C(=O)Nc1ccc(Cc2ccc(NC(=O)/C=C/C=C/C)c(O)c2)cc1O. The van der Waals surface area contributed by atoms with Crippen LogP contribution in [0.1, 0.15) is 25.0 Å². The summed E-state index contributed by atoms with van der Waals surface area (Å²) in [6, 6.07) is 9.93. The number of benzene rings is 2. The molecule has 0 atom stereocenters. The summed E-state index contributed by atoms with van der Waals surface area (Å²) in [6.45, 7) is 3.69. The lowest BCUT2D eigenvalue weighted by molar-refractivity contribution is -0.112. The summed E-state index contributed by atoms with van der Waals surface area (Å²) in [7, 11) is 0. The maximum absolute atomic E-state index is 11.8. The van der Waals surface area contributed by atoms with Crippen molar-refractivity contribution in [3.63, 3.8) is 0 Å². The smallest absolute Gasteiger partial charge is 0.248 e. The van der Waals surface area contributed by atoms with Crippen LogP contribution in [-0.4, -0.2) is 22.0 Å². The number of rotatable bonds is 8. The number of phenols is 2. The number of amides is 2. The summed E-state index contributed by atoms with van der Waals surface area (Å²) in [4.78, 5) is 23.7. The minimum Gasteiger partial charge on any atom is -0.506 e. The van der Waals surface area contributed by atoms with Crippen LogP contribution in [-0.2, 0) is 16.0 Å². The lowest BCUT2D eigenvalue weighted by Crippen LogP contribution is -2.08. The van der Waals surface area contributed by atoms with E-state index in [9.17, 15) is 19.8 Å². The highest BCUT2D eigenvalue weighted by Crippen LogP contribution is 2.28. The van der Waals surface area contributed by atoms with Gasteiger partial charge in [-0.3, -0.25) is 9.59 Å². The van der Waals surface area contributed by atoms with Crippen molar-refractivity contribution in [2.75, 3.05) is 10.6 Å². The number of hydrogen-bond acceptors (Lipinski definition) is 4. The molecular weight excluding hydrogens is 392 g/mol. The van der Waals surface area contributed by atoms with Gasteiger partial charge in [0.1, 0.15) is 11.5 Å². The van der Waals surface area contributed by atoms with E-state index in [1.807, 2.05) is 13.8 Å². The molecule has 0 saturated carbocycles. The van der Waals surface area contributed by atoms with Crippen molar-refractivity contribution in [3.05, 3.63) is 96.1 Å². The van der Waals surface area contributed by atoms with Gasteiger partial charge in [0, 0.05) is 12.2 Å². The number of anilines is 2. The summed E-state index contributed by atoms with van der Waals surface area (Å²) < 4.78 is 0. The molecule has 0 radical (unpaired) electrons.